The molecular formula is C25H23N3O6. The summed E-state index contributed by atoms with van der Waals surface area (Å²) < 4.78 is 9.98. The number of allylic oxidation sites excluding steroid dienone is 1. The lowest BCUT2D eigenvalue weighted by Gasteiger charge is -2.35. The SMILES string of the molecule is COC(=O)C1=C(C(=O)OC)N(c2ccc(CCC(=O)O)cc2)C(N)=C(C#N)C1c1ccccc1. The molecule has 174 valence electrons. The first-order valence-electron chi connectivity index (χ1n) is 10.3. The number of carboxylic acid groups (broad SMARTS) is 1. The number of nitrogens with two attached hydrogens (primary N) is 1. The lowest BCUT2D eigenvalue weighted by Crippen LogP contribution is -2.40. The highest BCUT2D eigenvalue weighted by molar-refractivity contribution is 6.06. The van der Waals surface area contributed by atoms with E-state index in [2.05, 4.69) is 6.07 Å². The second-order valence-corrected chi connectivity index (χ2v) is 7.40. The molecule has 34 heavy (non-hydrogen) atoms. The van der Waals surface area contributed by atoms with Gasteiger partial charge in [0.25, 0.3) is 0 Å². The number of aliphatic carboxylic acids is 1. The fourth-order valence-electron chi connectivity index (χ4n) is 3.84. The van der Waals surface area contributed by atoms with Gasteiger partial charge in [-0.3, -0.25) is 9.69 Å². The number of carbonyl (C=O) groups excluding carboxylic acids is 2. The number of nitrogens with zero attached hydrogens (tertiary/aromatic N) is 2. The number of methoxy groups -OCH3 is 2. The van der Waals surface area contributed by atoms with Crippen molar-refractivity contribution in [1.82, 2.24) is 0 Å². The molecule has 1 atom stereocenters. The molecule has 0 radical (unpaired) electrons. The molecule has 0 aromatic heterocycles. The summed E-state index contributed by atoms with van der Waals surface area (Å²) in [5.41, 5.74) is 7.96. The van der Waals surface area contributed by atoms with Crippen LogP contribution < -0.4 is 10.6 Å². The van der Waals surface area contributed by atoms with E-state index >= 15 is 0 Å². The average molecular weight is 461 g/mol. The summed E-state index contributed by atoms with van der Waals surface area (Å²) >= 11 is 0. The van der Waals surface area contributed by atoms with E-state index in [9.17, 15) is 19.6 Å². The lowest BCUT2D eigenvalue weighted by molar-refractivity contribution is -0.139. The number of esters is 2. The number of hydrogen-bond donors (Lipinski definition) is 2. The first-order valence-corrected chi connectivity index (χ1v) is 10.3. The maximum absolute atomic E-state index is 13.0. The molecule has 0 aliphatic carbocycles. The van der Waals surface area contributed by atoms with Crippen LogP contribution in [0.3, 0.4) is 0 Å². The second kappa shape index (κ2) is 10.4. The highest BCUT2D eigenvalue weighted by Gasteiger charge is 2.42. The minimum absolute atomic E-state index is 0.0392. The largest absolute Gasteiger partial charge is 0.481 e. The van der Waals surface area contributed by atoms with E-state index in [-0.39, 0.29) is 29.1 Å². The third-order valence-electron chi connectivity index (χ3n) is 5.43. The summed E-state index contributed by atoms with van der Waals surface area (Å²) in [6, 6.07) is 17.4. The number of nitriles is 1. The number of anilines is 1. The van der Waals surface area contributed by atoms with Crippen molar-refractivity contribution in [2.75, 3.05) is 19.1 Å². The first-order chi connectivity index (χ1) is 16.3. The maximum Gasteiger partial charge on any atom is 0.355 e. The molecule has 9 nitrogen and oxygen atoms in total. The average Bonchev–Trinajstić information content (AvgIpc) is 2.86. The number of hydrogen-bond acceptors (Lipinski definition) is 8. The molecule has 1 aliphatic rings. The molecule has 3 N–H and O–H groups in total. The molecule has 0 bridgehead atoms. The van der Waals surface area contributed by atoms with Crippen LogP contribution in [0.5, 0.6) is 0 Å². The van der Waals surface area contributed by atoms with Crippen molar-refractivity contribution in [3.05, 3.63) is 88.4 Å². The molecular weight excluding hydrogens is 438 g/mol. The fourth-order valence-corrected chi connectivity index (χ4v) is 3.84. The van der Waals surface area contributed by atoms with Crippen molar-refractivity contribution in [2.45, 2.75) is 18.8 Å². The van der Waals surface area contributed by atoms with Gasteiger partial charge in [-0.05, 0) is 29.7 Å². The van der Waals surface area contributed by atoms with Crippen molar-refractivity contribution in [2.24, 2.45) is 5.73 Å². The molecule has 9 heteroatoms. The van der Waals surface area contributed by atoms with E-state index in [1.165, 1.54) is 19.1 Å². The van der Waals surface area contributed by atoms with Gasteiger partial charge in [-0.25, -0.2) is 9.59 Å². The van der Waals surface area contributed by atoms with E-state index in [1.54, 1.807) is 54.6 Å². The Morgan fingerprint density at radius 3 is 2.18 bits per heavy atom. The van der Waals surface area contributed by atoms with Crippen molar-refractivity contribution >= 4 is 23.6 Å². The van der Waals surface area contributed by atoms with Gasteiger partial charge in [0.2, 0.25) is 0 Å². The van der Waals surface area contributed by atoms with Crippen LogP contribution >= 0.6 is 0 Å². The van der Waals surface area contributed by atoms with Crippen molar-refractivity contribution < 1.29 is 29.0 Å². The molecule has 2 aromatic rings. The van der Waals surface area contributed by atoms with Gasteiger partial charge >= 0.3 is 17.9 Å². The highest BCUT2D eigenvalue weighted by Crippen LogP contribution is 2.43. The highest BCUT2D eigenvalue weighted by atomic mass is 16.5. The summed E-state index contributed by atoms with van der Waals surface area (Å²) in [5, 5.41) is 18.9. The van der Waals surface area contributed by atoms with Gasteiger partial charge in [0.15, 0.2) is 0 Å². The number of carboxylic acids is 1. The van der Waals surface area contributed by atoms with Gasteiger partial charge in [0, 0.05) is 12.1 Å². The third-order valence-corrected chi connectivity index (χ3v) is 5.43. The summed E-state index contributed by atoms with van der Waals surface area (Å²) in [7, 11) is 2.36. The molecule has 1 aliphatic heterocycles. The zero-order valence-electron chi connectivity index (χ0n) is 18.6. The van der Waals surface area contributed by atoms with Gasteiger partial charge in [0.05, 0.1) is 37.4 Å². The first kappa shape index (κ1) is 24.1. The van der Waals surface area contributed by atoms with E-state index < -0.39 is 23.8 Å². The van der Waals surface area contributed by atoms with Gasteiger partial charge in [0.1, 0.15) is 11.5 Å². The predicted octanol–water partition coefficient (Wildman–Crippen LogP) is 2.60. The number of aryl methyl sites for hydroxylation is 1. The Morgan fingerprint density at radius 2 is 1.65 bits per heavy atom. The summed E-state index contributed by atoms with van der Waals surface area (Å²) in [5.74, 6) is -3.55. The smallest absolute Gasteiger partial charge is 0.355 e. The molecule has 1 unspecified atom stereocenters. The fraction of sp³-hybridized carbons (Fsp3) is 0.200. The third kappa shape index (κ3) is 4.61. The lowest BCUT2D eigenvalue weighted by atomic mass is 9.81. The van der Waals surface area contributed by atoms with Crippen LogP contribution in [0, 0.1) is 11.3 Å². The number of carbonyl (C=O) groups is 3. The van der Waals surface area contributed by atoms with Crippen molar-refractivity contribution in [3.63, 3.8) is 0 Å². The van der Waals surface area contributed by atoms with Crippen LogP contribution in [0.1, 0.15) is 23.5 Å². The molecule has 3 rings (SSSR count). The molecule has 0 spiro atoms. The standard InChI is InChI=1S/C25H23N3O6/c1-33-24(31)21-20(16-6-4-3-5-7-16)18(14-26)23(27)28(22(21)25(32)34-2)17-11-8-15(9-12-17)10-13-19(29)30/h3-9,11-12,20H,10,13,27H2,1-2H3,(H,29,30). The van der Waals surface area contributed by atoms with E-state index in [1.807, 2.05) is 0 Å². The Kier molecular flexibility index (Phi) is 7.33. The Balaban J connectivity index is 2.25. The van der Waals surface area contributed by atoms with Crippen LogP contribution in [0.25, 0.3) is 0 Å². The Bertz CT molecular complexity index is 1210. The minimum Gasteiger partial charge on any atom is -0.481 e. The van der Waals surface area contributed by atoms with Crippen LogP contribution in [0.2, 0.25) is 0 Å². The van der Waals surface area contributed by atoms with Gasteiger partial charge in [-0.15, -0.1) is 0 Å². The quantitative estimate of drug-likeness (QED) is 0.595. The Labute approximate surface area is 196 Å². The second-order valence-electron chi connectivity index (χ2n) is 7.40. The number of ether oxygens (including phenoxy) is 2. The molecule has 0 fully saturated rings. The topological polar surface area (TPSA) is 143 Å². The van der Waals surface area contributed by atoms with Gasteiger partial charge in [-0.1, -0.05) is 42.5 Å². The number of rotatable bonds is 7. The van der Waals surface area contributed by atoms with Gasteiger partial charge in [-0.2, -0.15) is 5.26 Å². The minimum atomic E-state index is -0.946. The molecule has 0 amide bonds. The summed E-state index contributed by atoms with van der Waals surface area (Å²) in [6.45, 7) is 0. The Morgan fingerprint density at radius 1 is 1.03 bits per heavy atom. The van der Waals surface area contributed by atoms with Crippen LogP contribution in [-0.4, -0.2) is 37.2 Å². The van der Waals surface area contributed by atoms with Crippen LogP contribution in [0.4, 0.5) is 5.69 Å². The zero-order valence-corrected chi connectivity index (χ0v) is 18.6. The molecule has 2 aromatic carbocycles. The zero-order chi connectivity index (χ0) is 24.8. The Hall–Kier alpha value is -4.58. The summed E-state index contributed by atoms with van der Waals surface area (Å²) in [4.78, 5) is 38.1. The van der Waals surface area contributed by atoms with Crippen LogP contribution in [-0.2, 0) is 30.3 Å². The van der Waals surface area contributed by atoms with E-state index in [0.29, 0.717) is 17.7 Å². The monoisotopic (exact) mass is 461 g/mol. The summed E-state index contributed by atoms with van der Waals surface area (Å²) in [6.07, 6.45) is 0.274. The molecule has 0 saturated heterocycles. The van der Waals surface area contributed by atoms with Crippen molar-refractivity contribution in [3.8, 4) is 6.07 Å². The van der Waals surface area contributed by atoms with E-state index in [4.69, 9.17) is 20.3 Å². The molecule has 0 saturated carbocycles. The predicted molar refractivity (Wildman–Crippen MR) is 122 cm³/mol. The maximum atomic E-state index is 13.0. The van der Waals surface area contributed by atoms with Crippen LogP contribution in [0.15, 0.2) is 77.3 Å². The normalized spacial score (nSPS) is 15.6. The van der Waals surface area contributed by atoms with Crippen molar-refractivity contribution in [1.29, 1.82) is 5.26 Å². The van der Waals surface area contributed by atoms with Gasteiger partial charge < -0.3 is 20.3 Å². The molecule has 1 heterocycles. The number of benzene rings is 2. The van der Waals surface area contributed by atoms with E-state index in [0.717, 1.165) is 5.56 Å².